The third kappa shape index (κ3) is 3.00. The summed E-state index contributed by atoms with van der Waals surface area (Å²) in [5.41, 5.74) is 1.73. The number of aryl methyl sites for hydroxylation is 2. The van der Waals surface area contributed by atoms with E-state index in [4.69, 9.17) is 4.74 Å². The minimum absolute atomic E-state index is 0.0991. The van der Waals surface area contributed by atoms with Gasteiger partial charge in [-0.15, -0.1) is 5.10 Å². The molecule has 9 heteroatoms. The van der Waals surface area contributed by atoms with Gasteiger partial charge in [-0.05, 0) is 19.9 Å². The highest BCUT2D eigenvalue weighted by Crippen LogP contribution is 2.17. The molecule has 25 heavy (non-hydrogen) atoms. The molecule has 0 spiro atoms. The second-order valence-electron chi connectivity index (χ2n) is 6.01. The van der Waals surface area contributed by atoms with Crippen LogP contribution in [-0.2, 0) is 0 Å². The van der Waals surface area contributed by atoms with Crippen LogP contribution in [0.3, 0.4) is 0 Å². The Balaban J connectivity index is 1.49. The maximum atomic E-state index is 12.7. The van der Waals surface area contributed by atoms with E-state index in [-0.39, 0.29) is 17.8 Å². The summed E-state index contributed by atoms with van der Waals surface area (Å²) in [5.74, 6) is 0.893. The van der Waals surface area contributed by atoms with Gasteiger partial charge in [0.1, 0.15) is 12.4 Å². The van der Waals surface area contributed by atoms with Crippen LogP contribution in [0.1, 0.15) is 28.4 Å². The van der Waals surface area contributed by atoms with Crippen LogP contribution in [0.25, 0.3) is 5.78 Å². The Kier molecular flexibility index (Phi) is 3.75. The molecule has 1 saturated heterocycles. The number of hydrogen-bond donors (Lipinski definition) is 0. The van der Waals surface area contributed by atoms with Crippen molar-refractivity contribution < 1.29 is 9.53 Å². The minimum Gasteiger partial charge on any atom is -0.472 e. The highest BCUT2D eigenvalue weighted by atomic mass is 16.5. The zero-order valence-corrected chi connectivity index (χ0v) is 14.0. The van der Waals surface area contributed by atoms with Crippen molar-refractivity contribution in [1.29, 1.82) is 0 Å². The Morgan fingerprint density at radius 2 is 2.20 bits per heavy atom. The van der Waals surface area contributed by atoms with Crippen molar-refractivity contribution in [2.45, 2.75) is 26.4 Å². The quantitative estimate of drug-likeness (QED) is 0.697. The summed E-state index contributed by atoms with van der Waals surface area (Å²) in [4.78, 5) is 30.9. The predicted molar refractivity (Wildman–Crippen MR) is 87.2 cm³/mol. The molecule has 4 heterocycles. The van der Waals surface area contributed by atoms with Crippen molar-refractivity contribution in [1.82, 2.24) is 34.4 Å². The predicted octanol–water partition coefficient (Wildman–Crippen LogP) is 0.825. The van der Waals surface area contributed by atoms with Crippen LogP contribution in [0.15, 0.2) is 24.7 Å². The highest BCUT2D eigenvalue weighted by molar-refractivity contribution is 5.91. The number of rotatable bonds is 3. The molecule has 4 rings (SSSR count). The molecule has 3 aromatic heterocycles. The van der Waals surface area contributed by atoms with E-state index in [9.17, 15) is 4.79 Å². The van der Waals surface area contributed by atoms with E-state index in [2.05, 4.69) is 25.0 Å². The van der Waals surface area contributed by atoms with Gasteiger partial charge >= 0.3 is 0 Å². The average molecular weight is 339 g/mol. The van der Waals surface area contributed by atoms with Crippen molar-refractivity contribution in [3.8, 4) is 5.88 Å². The number of hydrogen-bond acceptors (Lipinski definition) is 7. The van der Waals surface area contributed by atoms with E-state index >= 15 is 0 Å². The monoisotopic (exact) mass is 339 g/mol. The molecule has 0 N–H and O–H groups in total. The van der Waals surface area contributed by atoms with Gasteiger partial charge in [0.05, 0.1) is 6.54 Å². The molecule has 0 radical (unpaired) electrons. The number of likely N-dealkylation sites (tertiary alicyclic amines) is 1. The molecule has 0 bridgehead atoms. The Bertz CT molecular complexity index is 925. The first-order chi connectivity index (χ1) is 12.1. The van der Waals surface area contributed by atoms with Gasteiger partial charge in [0, 0.05) is 36.6 Å². The zero-order valence-electron chi connectivity index (χ0n) is 14.0. The molecule has 1 aliphatic rings. The summed E-state index contributed by atoms with van der Waals surface area (Å²) in [6.07, 6.45) is 3.70. The Morgan fingerprint density at radius 3 is 3.00 bits per heavy atom. The van der Waals surface area contributed by atoms with Crippen LogP contribution in [0.2, 0.25) is 0 Å². The van der Waals surface area contributed by atoms with Gasteiger partial charge in [-0.1, -0.05) is 0 Å². The molecule has 1 aliphatic heterocycles. The number of carbonyl (C=O) groups is 1. The summed E-state index contributed by atoms with van der Waals surface area (Å²) in [5, 5.41) is 4.30. The Morgan fingerprint density at radius 1 is 1.32 bits per heavy atom. The molecule has 1 atom stereocenters. The molecule has 0 aliphatic carbocycles. The lowest BCUT2D eigenvalue weighted by Crippen LogP contribution is -2.31. The van der Waals surface area contributed by atoms with E-state index in [1.807, 2.05) is 19.9 Å². The van der Waals surface area contributed by atoms with Gasteiger partial charge in [0.25, 0.3) is 11.7 Å². The van der Waals surface area contributed by atoms with Crippen molar-refractivity contribution in [3.05, 3.63) is 41.9 Å². The van der Waals surface area contributed by atoms with Gasteiger partial charge < -0.3 is 9.64 Å². The van der Waals surface area contributed by atoms with Crippen molar-refractivity contribution in [2.24, 2.45) is 0 Å². The van der Waals surface area contributed by atoms with Gasteiger partial charge in [-0.3, -0.25) is 4.79 Å². The summed E-state index contributed by atoms with van der Waals surface area (Å²) >= 11 is 0. The van der Waals surface area contributed by atoms with Crippen LogP contribution in [0, 0.1) is 13.8 Å². The van der Waals surface area contributed by atoms with Gasteiger partial charge in [-0.2, -0.15) is 4.98 Å². The molecular formula is C16H17N7O2. The summed E-state index contributed by atoms with van der Waals surface area (Å²) in [6, 6.07) is 3.60. The molecule has 9 nitrogen and oxygen atoms in total. The normalized spacial score (nSPS) is 17.2. The van der Waals surface area contributed by atoms with E-state index < -0.39 is 0 Å². The van der Waals surface area contributed by atoms with Gasteiger partial charge in [-0.25, -0.2) is 19.5 Å². The molecule has 0 saturated carbocycles. The largest absolute Gasteiger partial charge is 0.472 e. The first-order valence-corrected chi connectivity index (χ1v) is 8.03. The zero-order chi connectivity index (χ0) is 17.4. The highest BCUT2D eigenvalue weighted by Gasteiger charge is 2.30. The van der Waals surface area contributed by atoms with Crippen LogP contribution in [-0.4, -0.2) is 59.6 Å². The second-order valence-corrected chi connectivity index (χ2v) is 6.01. The van der Waals surface area contributed by atoms with Crippen molar-refractivity contribution in [2.75, 3.05) is 13.1 Å². The van der Waals surface area contributed by atoms with E-state index in [0.717, 1.165) is 17.8 Å². The van der Waals surface area contributed by atoms with Crippen molar-refractivity contribution in [3.63, 3.8) is 0 Å². The van der Waals surface area contributed by atoms with E-state index in [1.54, 1.807) is 21.7 Å². The van der Waals surface area contributed by atoms with Crippen molar-refractivity contribution >= 4 is 11.7 Å². The first-order valence-electron chi connectivity index (χ1n) is 8.03. The topological polar surface area (TPSA) is 98.4 Å². The van der Waals surface area contributed by atoms with Gasteiger partial charge in [0.2, 0.25) is 11.7 Å². The number of ether oxygens (including phenoxy) is 1. The number of nitrogens with zero attached hydrogens (tertiary/aromatic N) is 7. The number of amides is 1. The van der Waals surface area contributed by atoms with Crippen LogP contribution < -0.4 is 4.74 Å². The summed E-state index contributed by atoms with van der Waals surface area (Å²) in [6.45, 7) is 4.87. The maximum absolute atomic E-state index is 12.7. The smallest absolute Gasteiger partial charge is 0.293 e. The van der Waals surface area contributed by atoms with Crippen LogP contribution in [0.5, 0.6) is 5.88 Å². The lowest BCUT2D eigenvalue weighted by Gasteiger charge is -2.15. The second kappa shape index (κ2) is 6.08. The first kappa shape index (κ1) is 15.4. The SMILES string of the molecule is Cc1cc(C)n2nc(C(=O)N3CCC(Oc4ccncn4)C3)nc2n1. The molecule has 1 unspecified atom stereocenters. The van der Waals surface area contributed by atoms with E-state index in [0.29, 0.717) is 24.7 Å². The molecular weight excluding hydrogens is 322 g/mol. The van der Waals surface area contributed by atoms with Gasteiger partial charge in [0.15, 0.2) is 0 Å². The number of carbonyl (C=O) groups excluding carboxylic acids is 1. The standard InChI is InChI=1S/C16H17N7O2/c1-10-7-11(2)23-16(19-10)20-14(21-23)15(24)22-6-4-12(8-22)25-13-3-5-17-9-18-13/h3,5,7,9,12H,4,6,8H2,1-2H3. The summed E-state index contributed by atoms with van der Waals surface area (Å²) < 4.78 is 7.37. The fourth-order valence-corrected chi connectivity index (χ4v) is 2.93. The number of fused-ring (bicyclic) bond motifs is 1. The Hall–Kier alpha value is -3.10. The van der Waals surface area contributed by atoms with Crippen LogP contribution in [0.4, 0.5) is 0 Å². The lowest BCUT2D eigenvalue weighted by molar-refractivity contribution is 0.0759. The molecule has 0 aromatic carbocycles. The fraction of sp³-hybridized carbons (Fsp3) is 0.375. The lowest BCUT2D eigenvalue weighted by atomic mass is 10.3. The maximum Gasteiger partial charge on any atom is 0.293 e. The third-order valence-corrected chi connectivity index (χ3v) is 4.08. The third-order valence-electron chi connectivity index (χ3n) is 4.08. The van der Waals surface area contributed by atoms with Crippen LogP contribution >= 0.6 is 0 Å². The average Bonchev–Trinajstić information content (AvgIpc) is 3.22. The molecule has 128 valence electrons. The molecule has 1 amide bonds. The molecule has 3 aromatic rings. The van der Waals surface area contributed by atoms with E-state index in [1.165, 1.54) is 6.33 Å². The number of aromatic nitrogens is 6. The Labute approximate surface area is 143 Å². The fourth-order valence-electron chi connectivity index (χ4n) is 2.93. The minimum atomic E-state index is -0.212. The summed E-state index contributed by atoms with van der Waals surface area (Å²) in [7, 11) is 0. The molecule has 1 fully saturated rings.